The Bertz CT molecular complexity index is 780. The summed E-state index contributed by atoms with van der Waals surface area (Å²) in [5, 5.41) is 11.8. The Morgan fingerprint density at radius 1 is 1.26 bits per heavy atom. The van der Waals surface area contributed by atoms with Gasteiger partial charge >= 0.3 is 0 Å². The maximum absolute atomic E-state index is 12.3. The first-order chi connectivity index (χ1) is 11.1. The van der Waals surface area contributed by atoms with Gasteiger partial charge in [0.25, 0.3) is 5.91 Å². The van der Waals surface area contributed by atoms with Crippen molar-refractivity contribution in [1.82, 2.24) is 10.2 Å². The second kappa shape index (κ2) is 6.04. The molecule has 2 aromatic rings. The lowest BCUT2D eigenvalue weighted by Crippen LogP contribution is -2.34. The molecule has 0 aliphatic carbocycles. The highest BCUT2D eigenvalue weighted by Gasteiger charge is 2.24. The number of hydrogen-bond donors (Lipinski definition) is 1. The topological polar surface area (TPSA) is 87.8 Å². The normalized spacial score (nSPS) is 14.6. The van der Waals surface area contributed by atoms with E-state index in [0.29, 0.717) is 17.8 Å². The van der Waals surface area contributed by atoms with E-state index in [0.717, 1.165) is 11.1 Å². The minimum atomic E-state index is -0.386. The van der Waals surface area contributed by atoms with E-state index in [1.165, 1.54) is 12.1 Å². The number of carbonyl (C=O) groups excluding carboxylic acids is 2. The summed E-state index contributed by atoms with van der Waals surface area (Å²) in [6, 6.07) is 9.57. The van der Waals surface area contributed by atoms with Crippen LogP contribution in [0.5, 0.6) is 0 Å². The third-order valence-electron chi connectivity index (χ3n) is 3.67. The smallest absolute Gasteiger partial charge is 0.274 e. The molecule has 0 saturated heterocycles. The van der Waals surface area contributed by atoms with Gasteiger partial charge in [-0.2, -0.15) is 5.10 Å². The van der Waals surface area contributed by atoms with Crippen molar-refractivity contribution >= 4 is 23.4 Å². The molecule has 7 heteroatoms. The Balaban J connectivity index is 1.79. The zero-order valence-corrected chi connectivity index (χ0v) is 12.9. The molecule has 1 N–H and O–H groups in total. The van der Waals surface area contributed by atoms with Gasteiger partial charge in [0.2, 0.25) is 11.8 Å². The minimum absolute atomic E-state index is 0.108. The highest BCUT2D eigenvalue weighted by Crippen LogP contribution is 2.27. The average molecular weight is 312 g/mol. The van der Waals surface area contributed by atoms with E-state index in [4.69, 9.17) is 4.52 Å². The Morgan fingerprint density at radius 2 is 2.00 bits per heavy atom. The van der Waals surface area contributed by atoms with Gasteiger partial charge in [0, 0.05) is 31.0 Å². The monoisotopic (exact) mass is 312 g/mol. The van der Waals surface area contributed by atoms with Crippen LogP contribution in [0.15, 0.2) is 40.0 Å². The molecule has 1 aliphatic heterocycles. The predicted octanol–water partition coefficient (Wildman–Crippen LogP) is 2.20. The molecule has 2 heterocycles. The van der Waals surface area contributed by atoms with Gasteiger partial charge < -0.3 is 4.52 Å². The summed E-state index contributed by atoms with van der Waals surface area (Å²) < 4.78 is 5.24. The number of anilines is 1. The number of rotatable bonds is 3. The number of nitrogens with one attached hydrogen (secondary N) is 1. The summed E-state index contributed by atoms with van der Waals surface area (Å²) in [5.74, 6) is -0.205. The first kappa shape index (κ1) is 15.0. The third-order valence-corrected chi connectivity index (χ3v) is 3.67. The fourth-order valence-electron chi connectivity index (χ4n) is 2.33. The lowest BCUT2D eigenvalue weighted by atomic mass is 10.1. The minimum Gasteiger partial charge on any atom is -0.338 e. The summed E-state index contributed by atoms with van der Waals surface area (Å²) in [7, 11) is 1.53. The van der Waals surface area contributed by atoms with Crippen LogP contribution in [-0.4, -0.2) is 34.7 Å². The molecule has 23 heavy (non-hydrogen) atoms. The van der Waals surface area contributed by atoms with E-state index in [9.17, 15) is 9.59 Å². The van der Waals surface area contributed by atoms with Gasteiger partial charge in [0.15, 0.2) is 0 Å². The standard InChI is InChI=1S/C16H16N4O3/c1-10-14(11-6-4-3-5-7-11)19-23-16(10)17-15(22)12-8-9-13(21)20(2)18-12/h3-7H,8-9H2,1-2H3,(H,17,22). The van der Waals surface area contributed by atoms with Crippen molar-refractivity contribution in [3.8, 4) is 11.3 Å². The maximum Gasteiger partial charge on any atom is 0.274 e. The molecular weight excluding hydrogens is 296 g/mol. The molecule has 2 amide bonds. The number of hydrogen-bond acceptors (Lipinski definition) is 5. The second-order valence-electron chi connectivity index (χ2n) is 5.27. The molecular formula is C16H16N4O3. The number of hydrazone groups is 1. The molecule has 0 radical (unpaired) electrons. The largest absolute Gasteiger partial charge is 0.338 e. The second-order valence-corrected chi connectivity index (χ2v) is 5.27. The highest BCUT2D eigenvalue weighted by atomic mass is 16.5. The average Bonchev–Trinajstić information content (AvgIpc) is 2.92. The quantitative estimate of drug-likeness (QED) is 0.941. The van der Waals surface area contributed by atoms with Gasteiger partial charge in [-0.15, -0.1) is 0 Å². The van der Waals surface area contributed by atoms with E-state index in [1.54, 1.807) is 0 Å². The molecule has 0 unspecified atom stereocenters. The molecule has 118 valence electrons. The van der Waals surface area contributed by atoms with Gasteiger partial charge in [0.05, 0.1) is 0 Å². The van der Waals surface area contributed by atoms with Gasteiger partial charge in [-0.1, -0.05) is 35.5 Å². The lowest BCUT2D eigenvalue weighted by molar-refractivity contribution is -0.130. The highest BCUT2D eigenvalue weighted by molar-refractivity contribution is 6.43. The van der Waals surface area contributed by atoms with Crippen LogP contribution in [0.2, 0.25) is 0 Å². The molecule has 0 saturated carbocycles. The maximum atomic E-state index is 12.3. The van der Waals surface area contributed by atoms with Crippen LogP contribution >= 0.6 is 0 Å². The van der Waals surface area contributed by atoms with E-state index >= 15 is 0 Å². The van der Waals surface area contributed by atoms with Crippen molar-refractivity contribution < 1.29 is 14.1 Å². The first-order valence-corrected chi connectivity index (χ1v) is 7.23. The van der Waals surface area contributed by atoms with Gasteiger partial charge in [-0.3, -0.25) is 14.9 Å². The summed E-state index contributed by atoms with van der Waals surface area (Å²) in [6.07, 6.45) is 0.584. The summed E-state index contributed by atoms with van der Waals surface area (Å²) in [6.45, 7) is 1.83. The van der Waals surface area contributed by atoms with Gasteiger partial charge in [0.1, 0.15) is 11.4 Å². The summed E-state index contributed by atoms with van der Waals surface area (Å²) in [4.78, 5) is 23.6. The van der Waals surface area contributed by atoms with Gasteiger partial charge in [-0.25, -0.2) is 5.01 Å². The molecule has 3 rings (SSSR count). The van der Waals surface area contributed by atoms with Crippen LogP contribution in [0.3, 0.4) is 0 Å². The summed E-state index contributed by atoms with van der Waals surface area (Å²) >= 11 is 0. The van der Waals surface area contributed by atoms with Crippen molar-refractivity contribution in [2.24, 2.45) is 5.10 Å². The number of nitrogens with zero attached hydrogens (tertiary/aromatic N) is 3. The fraction of sp³-hybridized carbons (Fsp3) is 0.250. The molecule has 7 nitrogen and oxygen atoms in total. The van der Waals surface area contributed by atoms with Crippen LogP contribution in [-0.2, 0) is 9.59 Å². The number of amides is 2. The Labute approximate surface area is 133 Å². The van der Waals surface area contributed by atoms with E-state index in [-0.39, 0.29) is 24.1 Å². The first-order valence-electron chi connectivity index (χ1n) is 7.23. The SMILES string of the molecule is Cc1c(-c2ccccc2)noc1NC(=O)C1=NN(C)C(=O)CC1. The van der Waals surface area contributed by atoms with Crippen LogP contribution < -0.4 is 5.32 Å². The van der Waals surface area contributed by atoms with Crippen molar-refractivity contribution in [2.45, 2.75) is 19.8 Å². The third kappa shape index (κ3) is 2.98. The number of aromatic nitrogens is 1. The lowest BCUT2D eigenvalue weighted by Gasteiger charge is -2.18. The van der Waals surface area contributed by atoms with Crippen molar-refractivity contribution in [1.29, 1.82) is 0 Å². The van der Waals surface area contributed by atoms with Crippen LogP contribution in [0, 0.1) is 6.92 Å². The fourth-order valence-corrected chi connectivity index (χ4v) is 2.33. The van der Waals surface area contributed by atoms with E-state index in [2.05, 4.69) is 15.6 Å². The van der Waals surface area contributed by atoms with Crippen LogP contribution in [0.1, 0.15) is 18.4 Å². The molecule has 0 fully saturated rings. The summed E-state index contributed by atoms with van der Waals surface area (Å²) in [5.41, 5.74) is 2.63. The molecule has 0 spiro atoms. The number of carbonyl (C=O) groups is 2. The van der Waals surface area contributed by atoms with Crippen LogP contribution in [0.25, 0.3) is 11.3 Å². The zero-order valence-electron chi connectivity index (χ0n) is 12.9. The Morgan fingerprint density at radius 3 is 2.70 bits per heavy atom. The number of benzene rings is 1. The molecule has 1 aliphatic rings. The molecule has 0 atom stereocenters. The Hall–Kier alpha value is -2.96. The van der Waals surface area contributed by atoms with E-state index < -0.39 is 0 Å². The Kier molecular flexibility index (Phi) is 3.92. The molecule has 0 bridgehead atoms. The van der Waals surface area contributed by atoms with Crippen molar-refractivity contribution in [2.75, 3.05) is 12.4 Å². The van der Waals surface area contributed by atoms with Crippen LogP contribution in [0.4, 0.5) is 5.88 Å². The van der Waals surface area contributed by atoms with Crippen molar-refractivity contribution in [3.63, 3.8) is 0 Å². The molecule has 1 aromatic heterocycles. The predicted molar refractivity (Wildman–Crippen MR) is 84.7 cm³/mol. The van der Waals surface area contributed by atoms with Crippen molar-refractivity contribution in [3.05, 3.63) is 35.9 Å². The van der Waals surface area contributed by atoms with E-state index in [1.807, 2.05) is 37.3 Å². The zero-order chi connectivity index (χ0) is 16.4. The van der Waals surface area contributed by atoms with Gasteiger partial charge in [-0.05, 0) is 6.92 Å². The molecule has 1 aromatic carbocycles.